The van der Waals surface area contributed by atoms with Crippen molar-refractivity contribution in [2.75, 3.05) is 12.4 Å². The summed E-state index contributed by atoms with van der Waals surface area (Å²) in [5.41, 5.74) is 0.400. The fraction of sp³-hybridized carbons (Fsp3) is 0.0476. The van der Waals surface area contributed by atoms with E-state index in [4.69, 9.17) is 4.74 Å². The number of amides is 1. The molecule has 0 saturated heterocycles. The molecule has 0 atom stereocenters. The van der Waals surface area contributed by atoms with Crippen molar-refractivity contribution in [3.63, 3.8) is 0 Å². The number of carbonyl (C=O) groups excluding carboxylic acids is 1. The van der Waals surface area contributed by atoms with Gasteiger partial charge < -0.3 is 15.2 Å². The molecule has 4 aromatic rings. The molecule has 0 aliphatic carbocycles. The van der Waals surface area contributed by atoms with E-state index in [1.54, 1.807) is 6.20 Å². The number of benzene rings is 1. The fourth-order valence-electron chi connectivity index (χ4n) is 2.82. The Morgan fingerprint density at radius 2 is 2.06 bits per heavy atom. The van der Waals surface area contributed by atoms with Crippen molar-refractivity contribution in [2.45, 2.75) is 0 Å². The third-order valence-electron chi connectivity index (χ3n) is 4.32. The highest BCUT2D eigenvalue weighted by atomic mass is 19.1. The first-order chi connectivity index (χ1) is 15.5. The van der Waals surface area contributed by atoms with Crippen LogP contribution in [0.25, 0.3) is 5.65 Å². The molecule has 3 heterocycles. The first-order valence-corrected chi connectivity index (χ1v) is 9.02. The highest BCUT2D eigenvalue weighted by molar-refractivity contribution is 6.05. The minimum Gasteiger partial charge on any atom is -0.479 e. The number of carboxylic acids is 1. The van der Waals surface area contributed by atoms with Crippen LogP contribution in [0.3, 0.4) is 0 Å². The number of hydrogen-bond acceptors (Lipinski definition) is 7. The lowest BCUT2D eigenvalue weighted by Crippen LogP contribution is -2.13. The number of nitrogens with zero attached hydrogens (tertiary/aromatic N) is 5. The number of fused-ring (bicyclic) bond motifs is 1. The number of halogens is 1. The molecule has 1 amide bonds. The SMILES string of the molecule is COc1ncncc1NC(=O)c1ccc(F)c(C#Cc2nnc3c(C(=O)O)cccn23)c1. The highest BCUT2D eigenvalue weighted by Crippen LogP contribution is 2.20. The number of aromatic nitrogens is 5. The summed E-state index contributed by atoms with van der Waals surface area (Å²) < 4.78 is 20.7. The zero-order valence-electron chi connectivity index (χ0n) is 16.4. The molecule has 2 N–H and O–H groups in total. The molecule has 11 heteroatoms. The lowest BCUT2D eigenvalue weighted by molar-refractivity contribution is 0.0698. The van der Waals surface area contributed by atoms with Crippen LogP contribution in [0.1, 0.15) is 32.1 Å². The van der Waals surface area contributed by atoms with E-state index in [0.29, 0.717) is 0 Å². The molecule has 0 saturated carbocycles. The molecule has 0 aliphatic heterocycles. The maximum Gasteiger partial charge on any atom is 0.339 e. The molecule has 0 spiro atoms. The van der Waals surface area contributed by atoms with E-state index in [1.807, 2.05) is 0 Å². The first-order valence-electron chi connectivity index (χ1n) is 9.02. The van der Waals surface area contributed by atoms with Crippen LogP contribution >= 0.6 is 0 Å². The zero-order valence-corrected chi connectivity index (χ0v) is 16.4. The first kappa shape index (κ1) is 20.4. The van der Waals surface area contributed by atoms with E-state index in [9.17, 15) is 19.1 Å². The van der Waals surface area contributed by atoms with Crippen LogP contribution in [0.2, 0.25) is 0 Å². The third-order valence-corrected chi connectivity index (χ3v) is 4.32. The Morgan fingerprint density at radius 3 is 2.84 bits per heavy atom. The van der Waals surface area contributed by atoms with Gasteiger partial charge in [-0.3, -0.25) is 9.20 Å². The number of pyridine rings is 1. The van der Waals surface area contributed by atoms with E-state index in [-0.39, 0.29) is 39.7 Å². The molecule has 32 heavy (non-hydrogen) atoms. The normalized spacial score (nSPS) is 10.3. The largest absolute Gasteiger partial charge is 0.479 e. The van der Waals surface area contributed by atoms with Crippen molar-refractivity contribution in [2.24, 2.45) is 0 Å². The van der Waals surface area contributed by atoms with E-state index < -0.39 is 17.7 Å². The topological polar surface area (TPSA) is 132 Å². The number of methoxy groups -OCH3 is 1. The summed E-state index contributed by atoms with van der Waals surface area (Å²) in [5, 5.41) is 19.5. The van der Waals surface area contributed by atoms with Gasteiger partial charge in [-0.1, -0.05) is 5.92 Å². The minimum absolute atomic E-state index is 0.0433. The Morgan fingerprint density at radius 1 is 1.22 bits per heavy atom. The second kappa shape index (κ2) is 8.49. The van der Waals surface area contributed by atoms with Gasteiger partial charge in [0.05, 0.1) is 18.9 Å². The number of rotatable bonds is 4. The van der Waals surface area contributed by atoms with Gasteiger partial charge in [0.2, 0.25) is 11.7 Å². The molecule has 3 aromatic heterocycles. The molecule has 4 rings (SSSR count). The van der Waals surface area contributed by atoms with Gasteiger partial charge in [0.1, 0.15) is 23.4 Å². The third kappa shape index (κ3) is 3.92. The van der Waals surface area contributed by atoms with Crippen LogP contribution in [0.15, 0.2) is 49.1 Å². The lowest BCUT2D eigenvalue weighted by atomic mass is 10.1. The molecule has 0 fully saturated rings. The number of nitrogens with one attached hydrogen (secondary N) is 1. The van der Waals surface area contributed by atoms with Crippen LogP contribution in [0.5, 0.6) is 5.88 Å². The Labute approximate surface area is 179 Å². The van der Waals surface area contributed by atoms with Crippen molar-refractivity contribution in [1.82, 2.24) is 24.6 Å². The number of hydrogen-bond donors (Lipinski definition) is 2. The van der Waals surface area contributed by atoms with Gasteiger partial charge in [-0.05, 0) is 36.3 Å². The summed E-state index contributed by atoms with van der Waals surface area (Å²) in [7, 11) is 1.40. The summed E-state index contributed by atoms with van der Waals surface area (Å²) in [6.07, 6.45) is 4.19. The number of anilines is 1. The second-order valence-electron chi connectivity index (χ2n) is 6.29. The summed E-state index contributed by atoms with van der Waals surface area (Å²) in [5.74, 6) is 3.22. The molecule has 158 valence electrons. The van der Waals surface area contributed by atoms with Gasteiger partial charge in [-0.2, -0.15) is 4.98 Å². The van der Waals surface area contributed by atoms with Crippen LogP contribution in [-0.2, 0) is 0 Å². The molecular formula is C21H13FN6O4. The van der Waals surface area contributed by atoms with Crippen LogP contribution in [-0.4, -0.2) is 48.7 Å². The highest BCUT2D eigenvalue weighted by Gasteiger charge is 2.14. The fourth-order valence-corrected chi connectivity index (χ4v) is 2.82. The van der Waals surface area contributed by atoms with Gasteiger partial charge in [-0.15, -0.1) is 10.2 Å². The van der Waals surface area contributed by atoms with Crippen LogP contribution in [0, 0.1) is 17.7 Å². The van der Waals surface area contributed by atoms with E-state index in [1.165, 1.54) is 48.3 Å². The monoisotopic (exact) mass is 432 g/mol. The number of aromatic carboxylic acids is 1. The van der Waals surface area contributed by atoms with Crippen molar-refractivity contribution >= 4 is 23.2 Å². The average molecular weight is 432 g/mol. The molecule has 10 nitrogen and oxygen atoms in total. The van der Waals surface area contributed by atoms with Gasteiger partial charge in [0.15, 0.2) is 5.65 Å². The molecule has 0 aliphatic rings. The van der Waals surface area contributed by atoms with Gasteiger partial charge in [0.25, 0.3) is 5.91 Å². The number of carbonyl (C=O) groups is 2. The van der Waals surface area contributed by atoms with Gasteiger partial charge in [-0.25, -0.2) is 14.2 Å². The second-order valence-corrected chi connectivity index (χ2v) is 6.29. The van der Waals surface area contributed by atoms with Gasteiger partial charge in [0, 0.05) is 11.8 Å². The molecule has 1 aromatic carbocycles. The quantitative estimate of drug-likeness (QED) is 0.468. The standard InChI is InChI=1S/C21H13FN6O4/c1-32-20-16(10-23-11-24-20)25-19(29)13-4-6-15(22)12(9-13)5-7-17-26-27-18-14(21(30)31)3-2-8-28(17)18/h2-4,6,8-11H,1H3,(H,25,29)(H,30,31). The maximum absolute atomic E-state index is 14.3. The van der Waals surface area contributed by atoms with Crippen LogP contribution < -0.4 is 10.1 Å². The minimum atomic E-state index is -1.16. The lowest BCUT2D eigenvalue weighted by Gasteiger charge is -2.08. The van der Waals surface area contributed by atoms with E-state index in [0.717, 1.165) is 6.07 Å². The summed E-state index contributed by atoms with van der Waals surface area (Å²) in [4.78, 5) is 31.6. The average Bonchev–Trinajstić information content (AvgIpc) is 3.22. The number of ether oxygens (including phenoxy) is 1. The zero-order chi connectivity index (χ0) is 22.7. The molecule has 0 bridgehead atoms. The van der Waals surface area contributed by atoms with Crippen molar-refractivity contribution in [3.8, 4) is 17.7 Å². The summed E-state index contributed by atoms with van der Waals surface area (Å²) >= 11 is 0. The van der Waals surface area contributed by atoms with E-state index in [2.05, 4.69) is 37.3 Å². The van der Waals surface area contributed by atoms with Crippen LogP contribution in [0.4, 0.5) is 10.1 Å². The summed E-state index contributed by atoms with van der Waals surface area (Å²) in [6.45, 7) is 0. The maximum atomic E-state index is 14.3. The van der Waals surface area contributed by atoms with E-state index >= 15 is 0 Å². The van der Waals surface area contributed by atoms with Crippen molar-refractivity contribution < 1.29 is 23.8 Å². The molecule has 0 radical (unpaired) electrons. The number of carboxylic acid groups (broad SMARTS) is 1. The predicted octanol–water partition coefficient (Wildman–Crippen LogP) is 2.02. The Bertz CT molecular complexity index is 1420. The van der Waals surface area contributed by atoms with Gasteiger partial charge >= 0.3 is 5.97 Å². The molecule has 0 unspecified atom stereocenters. The Kier molecular flexibility index (Phi) is 5.42. The molecular weight excluding hydrogens is 419 g/mol. The van der Waals surface area contributed by atoms with Crippen molar-refractivity contribution in [1.29, 1.82) is 0 Å². The predicted molar refractivity (Wildman–Crippen MR) is 109 cm³/mol. The summed E-state index contributed by atoms with van der Waals surface area (Å²) in [6, 6.07) is 6.59. The Hall–Kier alpha value is -4.85. The Balaban J connectivity index is 1.64. The van der Waals surface area contributed by atoms with Crippen molar-refractivity contribution in [3.05, 3.63) is 77.4 Å². The smallest absolute Gasteiger partial charge is 0.339 e.